The maximum Gasteiger partial charge on any atom is 0.305 e. The van der Waals surface area contributed by atoms with E-state index in [0.717, 1.165) is 19.5 Å². The summed E-state index contributed by atoms with van der Waals surface area (Å²) in [7, 11) is 0.607. The van der Waals surface area contributed by atoms with Gasteiger partial charge < -0.3 is 10.1 Å². The van der Waals surface area contributed by atoms with Crippen LogP contribution in [-0.2, 0) is 20.3 Å². The molecule has 0 aliphatic rings. The molecule has 0 aliphatic carbocycles. The molecule has 5 heteroatoms. The fraction of sp³-hybridized carbons (Fsp3) is 0.889. The maximum atomic E-state index is 11.0. The minimum absolute atomic E-state index is 0.160. The van der Waals surface area contributed by atoms with Crippen molar-refractivity contribution >= 4 is 16.8 Å². The van der Waals surface area contributed by atoms with Gasteiger partial charge in [0.1, 0.15) is 0 Å². The number of carbonyl (C=O) groups excluding carboxylic acids is 1. The molecule has 14 heavy (non-hydrogen) atoms. The lowest BCUT2D eigenvalue weighted by Crippen LogP contribution is -2.28. The average Bonchev–Trinajstić information content (AvgIpc) is 2.16. The molecule has 0 radical (unpaired) electrons. The van der Waals surface area contributed by atoms with Crippen LogP contribution in [0.2, 0.25) is 0 Å². The van der Waals surface area contributed by atoms with Crippen molar-refractivity contribution in [3.05, 3.63) is 0 Å². The number of carbonyl (C=O) groups is 1. The molecule has 0 aromatic rings. The van der Waals surface area contributed by atoms with Crippen molar-refractivity contribution < 1.29 is 13.7 Å². The predicted octanol–water partition coefficient (Wildman–Crippen LogP) is 0.296. The molecule has 1 N–H and O–H groups in total. The summed E-state index contributed by atoms with van der Waals surface area (Å²) >= 11 is 0. The van der Waals surface area contributed by atoms with Crippen LogP contribution >= 0.6 is 0 Å². The third-order valence-corrected chi connectivity index (χ3v) is 3.26. The van der Waals surface area contributed by atoms with Crippen LogP contribution in [0.5, 0.6) is 0 Å². The smallest absolute Gasteiger partial charge is 0.305 e. The van der Waals surface area contributed by atoms with E-state index in [-0.39, 0.29) is 11.2 Å². The molecule has 0 rings (SSSR count). The average molecular weight is 221 g/mol. The number of ether oxygens (including phenoxy) is 1. The van der Waals surface area contributed by atoms with Gasteiger partial charge in [-0.3, -0.25) is 9.00 Å². The van der Waals surface area contributed by atoms with Crippen LogP contribution in [-0.4, -0.2) is 41.9 Å². The highest BCUT2D eigenvalue weighted by Crippen LogP contribution is 1.92. The fourth-order valence-corrected chi connectivity index (χ4v) is 1.24. The van der Waals surface area contributed by atoms with E-state index >= 15 is 0 Å². The largest absolute Gasteiger partial charge is 0.469 e. The lowest BCUT2D eigenvalue weighted by atomic mass is 10.3. The Morgan fingerprint density at radius 2 is 2.21 bits per heavy atom. The summed E-state index contributed by atoms with van der Waals surface area (Å²) in [5, 5.41) is 3.31. The fourth-order valence-electron chi connectivity index (χ4n) is 0.882. The molecule has 0 heterocycles. The second-order valence-corrected chi connectivity index (χ2v) is 4.99. The molecule has 0 fully saturated rings. The summed E-state index contributed by atoms with van der Waals surface area (Å²) in [6.07, 6.45) is 2.89. The van der Waals surface area contributed by atoms with E-state index in [1.165, 1.54) is 7.11 Å². The van der Waals surface area contributed by atoms with Crippen molar-refractivity contribution in [1.82, 2.24) is 5.32 Å². The number of rotatable bonds is 7. The molecular weight excluding hydrogens is 202 g/mol. The Morgan fingerprint density at radius 1 is 1.57 bits per heavy atom. The molecule has 0 spiro atoms. The molecule has 0 aliphatic heterocycles. The maximum absolute atomic E-state index is 11.0. The molecule has 84 valence electrons. The van der Waals surface area contributed by atoms with Crippen LogP contribution in [0, 0.1) is 0 Å². The summed E-state index contributed by atoms with van der Waals surface area (Å²) in [5.41, 5.74) is 0. The molecule has 0 saturated carbocycles. The number of esters is 1. The first-order chi connectivity index (χ1) is 6.57. The molecule has 4 nitrogen and oxygen atoms in total. The zero-order valence-electron chi connectivity index (χ0n) is 9.04. The zero-order valence-corrected chi connectivity index (χ0v) is 9.86. The van der Waals surface area contributed by atoms with Gasteiger partial charge in [-0.1, -0.05) is 0 Å². The van der Waals surface area contributed by atoms with Crippen LogP contribution in [0.3, 0.4) is 0 Å². The number of hydrogen-bond acceptors (Lipinski definition) is 4. The van der Waals surface area contributed by atoms with Crippen LogP contribution in [0.15, 0.2) is 0 Å². The minimum Gasteiger partial charge on any atom is -0.469 e. The topological polar surface area (TPSA) is 55.4 Å². The van der Waals surface area contributed by atoms with E-state index in [9.17, 15) is 9.00 Å². The molecule has 2 atom stereocenters. The lowest BCUT2D eigenvalue weighted by Gasteiger charge is -2.09. The number of nitrogens with one attached hydrogen (secondary N) is 1. The highest BCUT2D eigenvalue weighted by molar-refractivity contribution is 7.84. The summed E-state index contributed by atoms with van der Waals surface area (Å²) in [5.74, 6) is -0.182. The minimum atomic E-state index is -0.780. The third-order valence-electron chi connectivity index (χ3n) is 1.96. The van der Waals surface area contributed by atoms with E-state index in [4.69, 9.17) is 0 Å². The van der Waals surface area contributed by atoms with Gasteiger partial charge in [0, 0.05) is 35.3 Å². The first-order valence-corrected chi connectivity index (χ1v) is 6.29. The van der Waals surface area contributed by atoms with Gasteiger partial charge in [-0.05, 0) is 19.9 Å². The Hall–Kier alpha value is -0.420. The second-order valence-electron chi connectivity index (χ2n) is 3.19. The van der Waals surface area contributed by atoms with Crippen molar-refractivity contribution in [3.8, 4) is 0 Å². The lowest BCUT2D eigenvalue weighted by molar-refractivity contribution is -0.140. The van der Waals surface area contributed by atoms with Crippen molar-refractivity contribution in [1.29, 1.82) is 0 Å². The molecule has 0 aromatic carbocycles. The quantitative estimate of drug-likeness (QED) is 0.496. The van der Waals surface area contributed by atoms with Crippen molar-refractivity contribution in [2.24, 2.45) is 0 Å². The van der Waals surface area contributed by atoms with Gasteiger partial charge in [-0.25, -0.2) is 0 Å². The molecular formula is C9H19NO3S. The van der Waals surface area contributed by atoms with Crippen molar-refractivity contribution in [2.45, 2.75) is 25.0 Å². The molecule has 0 aromatic heterocycles. The summed E-state index contributed by atoms with van der Waals surface area (Å²) in [6, 6.07) is 0. The highest BCUT2D eigenvalue weighted by Gasteiger charge is 2.05. The first kappa shape index (κ1) is 13.6. The first-order valence-electron chi connectivity index (χ1n) is 4.67. The van der Waals surface area contributed by atoms with Gasteiger partial charge in [-0.15, -0.1) is 0 Å². The van der Waals surface area contributed by atoms with E-state index < -0.39 is 10.8 Å². The van der Waals surface area contributed by atoms with Crippen LogP contribution in [0.25, 0.3) is 0 Å². The van der Waals surface area contributed by atoms with E-state index in [0.29, 0.717) is 6.42 Å². The molecule has 0 bridgehead atoms. The van der Waals surface area contributed by atoms with Gasteiger partial charge >= 0.3 is 5.97 Å². The van der Waals surface area contributed by atoms with Crippen molar-refractivity contribution in [2.75, 3.05) is 26.5 Å². The Labute approximate surface area is 87.9 Å². The SMILES string of the molecule is COC(=O)CCCNCC(C)S(C)=O. The van der Waals surface area contributed by atoms with E-state index in [1.54, 1.807) is 6.26 Å². The third kappa shape index (κ3) is 7.03. The van der Waals surface area contributed by atoms with E-state index in [1.807, 2.05) is 6.92 Å². The highest BCUT2D eigenvalue weighted by atomic mass is 32.2. The molecule has 0 amide bonds. The van der Waals surface area contributed by atoms with Gasteiger partial charge in [0.25, 0.3) is 0 Å². The summed E-state index contributed by atoms with van der Waals surface area (Å²) in [4.78, 5) is 10.7. The Balaban J connectivity index is 3.30. The number of methoxy groups -OCH3 is 1. The second kappa shape index (κ2) is 7.94. The number of hydrogen-bond donors (Lipinski definition) is 1. The van der Waals surface area contributed by atoms with Crippen LogP contribution in [0.4, 0.5) is 0 Å². The van der Waals surface area contributed by atoms with Gasteiger partial charge in [0.2, 0.25) is 0 Å². The van der Waals surface area contributed by atoms with Crippen LogP contribution in [0.1, 0.15) is 19.8 Å². The molecule has 2 unspecified atom stereocenters. The standard InChI is InChI=1S/C9H19NO3S/c1-8(14(3)12)7-10-6-4-5-9(11)13-2/h8,10H,4-7H2,1-3H3. The Kier molecular flexibility index (Phi) is 7.70. The summed E-state index contributed by atoms with van der Waals surface area (Å²) < 4.78 is 15.5. The Bertz CT molecular complexity index is 196. The van der Waals surface area contributed by atoms with Crippen LogP contribution < -0.4 is 5.32 Å². The normalized spacial score (nSPS) is 14.8. The monoisotopic (exact) mass is 221 g/mol. The van der Waals surface area contributed by atoms with Gasteiger partial charge in [-0.2, -0.15) is 0 Å². The van der Waals surface area contributed by atoms with Gasteiger partial charge in [0.15, 0.2) is 0 Å². The summed E-state index contributed by atoms with van der Waals surface area (Å²) in [6.45, 7) is 3.42. The molecule has 0 saturated heterocycles. The van der Waals surface area contributed by atoms with E-state index in [2.05, 4.69) is 10.1 Å². The van der Waals surface area contributed by atoms with Crippen molar-refractivity contribution in [3.63, 3.8) is 0 Å². The predicted molar refractivity (Wildman–Crippen MR) is 57.6 cm³/mol. The Morgan fingerprint density at radius 3 is 2.71 bits per heavy atom. The zero-order chi connectivity index (χ0) is 11.0. The van der Waals surface area contributed by atoms with Gasteiger partial charge in [0.05, 0.1) is 7.11 Å².